The average molecular weight is 529 g/mol. The van der Waals surface area contributed by atoms with Crippen molar-refractivity contribution in [2.45, 2.75) is 50.9 Å². The normalized spacial score (nSPS) is 16.0. The highest BCUT2D eigenvalue weighted by atomic mass is 19.4. The lowest BCUT2D eigenvalue weighted by Crippen LogP contribution is -2.44. The molecule has 2 aromatic carbocycles. The molecule has 0 saturated carbocycles. The molecule has 0 unspecified atom stereocenters. The van der Waals surface area contributed by atoms with Crippen molar-refractivity contribution in [1.29, 1.82) is 0 Å². The monoisotopic (exact) mass is 528 g/mol. The number of nitrogens with one attached hydrogen (secondary N) is 1. The van der Waals surface area contributed by atoms with Crippen molar-refractivity contribution >= 4 is 10.9 Å². The molecule has 1 aliphatic heterocycles. The lowest BCUT2D eigenvalue weighted by atomic mass is 10.0. The van der Waals surface area contributed by atoms with Crippen LogP contribution in [0, 0.1) is 0 Å². The Morgan fingerprint density at radius 3 is 2.30 bits per heavy atom. The molecule has 202 valence electrons. The molecule has 0 bridgehead atoms. The van der Waals surface area contributed by atoms with Crippen LogP contribution in [0.3, 0.4) is 0 Å². The first-order chi connectivity index (χ1) is 17.5. The van der Waals surface area contributed by atoms with Crippen molar-refractivity contribution in [2.75, 3.05) is 26.2 Å². The van der Waals surface area contributed by atoms with Gasteiger partial charge in [-0.15, -0.1) is 13.2 Å². The van der Waals surface area contributed by atoms with E-state index in [0.29, 0.717) is 45.6 Å². The van der Waals surface area contributed by atoms with E-state index in [0.717, 1.165) is 34.0 Å². The Morgan fingerprint density at radius 1 is 0.973 bits per heavy atom. The number of aryl methyl sites for hydroxylation is 1. The average Bonchev–Trinajstić information content (AvgIpc) is 3.19. The number of ether oxygens (including phenoxy) is 1. The Morgan fingerprint density at radius 2 is 1.68 bits per heavy atom. The predicted molar refractivity (Wildman–Crippen MR) is 130 cm³/mol. The lowest BCUT2D eigenvalue weighted by Gasteiger charge is -2.32. The van der Waals surface area contributed by atoms with Crippen LogP contribution in [0.1, 0.15) is 24.8 Å². The van der Waals surface area contributed by atoms with E-state index in [4.69, 9.17) is 5.73 Å². The van der Waals surface area contributed by atoms with Crippen molar-refractivity contribution in [2.24, 2.45) is 5.73 Å². The zero-order chi connectivity index (χ0) is 26.6. The number of hydrogen-bond acceptors (Lipinski definition) is 4. The van der Waals surface area contributed by atoms with Gasteiger partial charge < -0.3 is 20.4 Å². The van der Waals surface area contributed by atoms with Crippen molar-refractivity contribution in [1.82, 2.24) is 14.8 Å². The first-order valence-corrected chi connectivity index (χ1v) is 12.2. The fraction of sp³-hybridized carbons (Fsp3) is 0.462. The summed E-state index contributed by atoms with van der Waals surface area (Å²) in [6, 6.07) is 11.8. The summed E-state index contributed by atoms with van der Waals surface area (Å²) >= 11 is 0. The Bertz CT molecular complexity index is 1160. The number of nitrogens with zero attached hydrogens (tertiary/aromatic N) is 2. The van der Waals surface area contributed by atoms with Crippen LogP contribution in [0.4, 0.5) is 26.3 Å². The molecule has 1 fully saturated rings. The fourth-order valence-electron chi connectivity index (χ4n) is 4.77. The highest BCUT2D eigenvalue weighted by Crippen LogP contribution is 2.34. The number of hydrogen-bond donors (Lipinski definition) is 2. The van der Waals surface area contributed by atoms with Gasteiger partial charge in [-0.05, 0) is 74.3 Å². The minimum absolute atomic E-state index is 0.146. The lowest BCUT2D eigenvalue weighted by molar-refractivity contribution is -0.274. The summed E-state index contributed by atoms with van der Waals surface area (Å²) < 4.78 is 81.2. The maximum Gasteiger partial charge on any atom is 0.573 e. The highest BCUT2D eigenvalue weighted by molar-refractivity contribution is 5.96. The van der Waals surface area contributed by atoms with Gasteiger partial charge in [0.2, 0.25) is 0 Å². The van der Waals surface area contributed by atoms with Gasteiger partial charge in [0.25, 0.3) is 0 Å². The van der Waals surface area contributed by atoms with Crippen LogP contribution in [0.15, 0.2) is 48.7 Å². The number of nitrogens with two attached hydrogens (primary N) is 1. The standard InChI is InChI=1S/C26H30F6N4O/c27-25(28,29)17-34-20-8-12-35(13-9-20)15-18-2-7-24-22(14-18)23(16-36(24)11-1-10-33)19-3-5-21(6-4-19)37-26(30,31)32/h2-7,14,16,20,34H,1,8-13,15,17,33H2. The summed E-state index contributed by atoms with van der Waals surface area (Å²) in [5, 5.41) is 3.57. The van der Waals surface area contributed by atoms with E-state index in [-0.39, 0.29) is 11.8 Å². The second kappa shape index (κ2) is 11.3. The fourth-order valence-corrected chi connectivity index (χ4v) is 4.77. The Labute approximate surface area is 211 Å². The number of halogens is 6. The second-order valence-electron chi connectivity index (χ2n) is 9.35. The van der Waals surface area contributed by atoms with E-state index in [1.54, 1.807) is 12.1 Å². The first kappa shape index (κ1) is 27.3. The van der Waals surface area contributed by atoms with E-state index in [2.05, 4.69) is 25.6 Å². The summed E-state index contributed by atoms with van der Waals surface area (Å²) in [6.07, 6.45) is -4.91. The van der Waals surface area contributed by atoms with E-state index in [9.17, 15) is 26.3 Å². The van der Waals surface area contributed by atoms with Crippen LogP contribution in [-0.4, -0.2) is 54.2 Å². The summed E-state index contributed by atoms with van der Waals surface area (Å²) in [5.74, 6) is -0.281. The third-order valence-corrected chi connectivity index (χ3v) is 6.53. The Balaban J connectivity index is 1.51. The number of likely N-dealkylation sites (tertiary alicyclic amines) is 1. The SMILES string of the molecule is NCCCn1cc(-c2ccc(OC(F)(F)F)cc2)c2cc(CN3CCC(NCC(F)(F)F)CC3)ccc21. The van der Waals surface area contributed by atoms with E-state index in [1.165, 1.54) is 12.1 Å². The van der Waals surface area contributed by atoms with E-state index < -0.39 is 19.1 Å². The molecule has 0 radical (unpaired) electrons. The topological polar surface area (TPSA) is 55.5 Å². The van der Waals surface area contributed by atoms with Crippen molar-refractivity contribution in [3.8, 4) is 16.9 Å². The largest absolute Gasteiger partial charge is 0.573 e. The van der Waals surface area contributed by atoms with Gasteiger partial charge in [-0.2, -0.15) is 13.2 Å². The molecule has 4 rings (SSSR count). The Hall–Kier alpha value is -2.76. The second-order valence-corrected chi connectivity index (χ2v) is 9.35. The zero-order valence-electron chi connectivity index (χ0n) is 20.2. The van der Waals surface area contributed by atoms with Gasteiger partial charge in [0.1, 0.15) is 5.75 Å². The van der Waals surface area contributed by atoms with Gasteiger partial charge in [0.15, 0.2) is 0 Å². The number of piperidine rings is 1. The highest BCUT2D eigenvalue weighted by Gasteiger charge is 2.31. The van der Waals surface area contributed by atoms with Gasteiger partial charge in [-0.1, -0.05) is 18.2 Å². The summed E-state index contributed by atoms with van der Waals surface area (Å²) in [6.45, 7) is 2.32. The zero-order valence-corrected chi connectivity index (χ0v) is 20.2. The molecule has 3 aromatic rings. The van der Waals surface area contributed by atoms with Crippen LogP contribution in [0.2, 0.25) is 0 Å². The number of fused-ring (bicyclic) bond motifs is 1. The quantitative estimate of drug-likeness (QED) is 0.352. The molecule has 0 aliphatic carbocycles. The van der Waals surface area contributed by atoms with E-state index in [1.807, 2.05) is 18.3 Å². The van der Waals surface area contributed by atoms with Gasteiger partial charge >= 0.3 is 12.5 Å². The molecule has 0 atom stereocenters. The molecule has 0 amide bonds. The maximum absolute atomic E-state index is 12.6. The molecule has 2 heterocycles. The predicted octanol–water partition coefficient (Wildman–Crippen LogP) is 5.67. The van der Waals surface area contributed by atoms with Crippen LogP contribution < -0.4 is 15.8 Å². The number of benzene rings is 2. The number of rotatable bonds is 9. The van der Waals surface area contributed by atoms with E-state index >= 15 is 0 Å². The maximum atomic E-state index is 12.6. The van der Waals surface area contributed by atoms with Crippen LogP contribution in [0.25, 0.3) is 22.0 Å². The molecule has 1 saturated heterocycles. The van der Waals surface area contributed by atoms with Gasteiger partial charge in [-0.25, -0.2) is 0 Å². The number of aromatic nitrogens is 1. The molecular formula is C26H30F6N4O. The summed E-state index contributed by atoms with van der Waals surface area (Å²) in [7, 11) is 0. The summed E-state index contributed by atoms with van der Waals surface area (Å²) in [4.78, 5) is 2.22. The molecule has 0 spiro atoms. The van der Waals surface area contributed by atoms with Gasteiger partial charge in [0, 0.05) is 41.8 Å². The minimum atomic E-state index is -4.75. The summed E-state index contributed by atoms with van der Waals surface area (Å²) in [5.41, 5.74) is 9.41. The van der Waals surface area contributed by atoms with Crippen molar-refractivity contribution in [3.05, 3.63) is 54.2 Å². The van der Waals surface area contributed by atoms with Gasteiger partial charge in [0.05, 0.1) is 6.54 Å². The molecule has 1 aromatic heterocycles. The van der Waals surface area contributed by atoms with Crippen molar-refractivity contribution < 1.29 is 31.1 Å². The smallest absolute Gasteiger partial charge is 0.406 e. The Kier molecular flexibility index (Phi) is 8.35. The molecule has 3 N–H and O–H groups in total. The molecule has 11 heteroatoms. The molecule has 1 aliphatic rings. The van der Waals surface area contributed by atoms with Crippen molar-refractivity contribution in [3.63, 3.8) is 0 Å². The van der Waals surface area contributed by atoms with Gasteiger partial charge in [-0.3, -0.25) is 4.90 Å². The number of alkyl halides is 6. The van der Waals surface area contributed by atoms with Crippen LogP contribution in [-0.2, 0) is 13.1 Å². The molecular weight excluding hydrogens is 498 g/mol. The minimum Gasteiger partial charge on any atom is -0.406 e. The third-order valence-electron chi connectivity index (χ3n) is 6.53. The first-order valence-electron chi connectivity index (χ1n) is 12.2. The third kappa shape index (κ3) is 7.62. The molecule has 37 heavy (non-hydrogen) atoms. The molecule has 5 nitrogen and oxygen atoms in total. The van der Waals surface area contributed by atoms with Crippen LogP contribution in [0.5, 0.6) is 5.75 Å². The van der Waals surface area contributed by atoms with Crippen LogP contribution >= 0.6 is 0 Å².